The fourth-order valence-electron chi connectivity index (χ4n) is 2.51. The first-order valence-electron chi connectivity index (χ1n) is 8.36. The molecule has 3 rings (SSSR count). The van der Waals surface area contributed by atoms with Crippen molar-refractivity contribution >= 4 is 57.8 Å². The molecule has 1 saturated heterocycles. The molecule has 1 fully saturated rings. The number of nitrogens with zero attached hydrogens (tertiary/aromatic N) is 1. The summed E-state index contributed by atoms with van der Waals surface area (Å²) in [6.45, 7) is 0.339. The van der Waals surface area contributed by atoms with Gasteiger partial charge in [0.05, 0.1) is 16.7 Å². The molecule has 1 aliphatic heterocycles. The molecule has 28 heavy (non-hydrogen) atoms. The Morgan fingerprint density at radius 2 is 2.00 bits per heavy atom. The number of thioether (sulfide) groups is 1. The van der Waals surface area contributed by atoms with Crippen LogP contribution in [0.3, 0.4) is 0 Å². The Hall–Kier alpha value is -2.91. The summed E-state index contributed by atoms with van der Waals surface area (Å²) in [5.74, 6) is -0.869. The summed E-state index contributed by atoms with van der Waals surface area (Å²) in [6, 6.07) is 9.39. The second kappa shape index (κ2) is 8.85. The molecule has 2 heterocycles. The first-order valence-corrected chi connectivity index (χ1v) is 9.58. The largest absolute Gasteiger partial charge is 0.478 e. The van der Waals surface area contributed by atoms with E-state index in [1.165, 1.54) is 47.2 Å². The second-order valence-corrected chi connectivity index (χ2v) is 7.56. The molecule has 1 aromatic carbocycles. The van der Waals surface area contributed by atoms with E-state index in [2.05, 4.69) is 5.32 Å². The molecule has 0 atom stereocenters. The first kappa shape index (κ1) is 19.8. The summed E-state index contributed by atoms with van der Waals surface area (Å²) in [7, 11) is 0. The van der Waals surface area contributed by atoms with Gasteiger partial charge in [0, 0.05) is 24.7 Å². The van der Waals surface area contributed by atoms with E-state index in [1.807, 2.05) is 0 Å². The van der Waals surface area contributed by atoms with Crippen molar-refractivity contribution in [2.45, 2.75) is 12.8 Å². The van der Waals surface area contributed by atoms with Crippen LogP contribution in [-0.4, -0.2) is 38.7 Å². The molecule has 7 nitrogen and oxygen atoms in total. The van der Waals surface area contributed by atoms with Crippen LogP contribution in [0.1, 0.15) is 29.0 Å². The third kappa shape index (κ3) is 4.87. The van der Waals surface area contributed by atoms with Gasteiger partial charge < -0.3 is 14.8 Å². The number of furan rings is 1. The molecule has 9 heteroatoms. The fourth-order valence-corrected chi connectivity index (χ4v) is 3.80. The number of hydrogen-bond donors (Lipinski definition) is 2. The van der Waals surface area contributed by atoms with E-state index in [0.717, 1.165) is 0 Å². The molecule has 2 amide bonds. The zero-order valence-electron chi connectivity index (χ0n) is 14.6. The zero-order chi connectivity index (χ0) is 20.1. The highest BCUT2D eigenvalue weighted by molar-refractivity contribution is 8.26. The van der Waals surface area contributed by atoms with Crippen LogP contribution in [0, 0.1) is 0 Å². The number of aromatic carboxylic acids is 1. The predicted molar refractivity (Wildman–Crippen MR) is 110 cm³/mol. The van der Waals surface area contributed by atoms with Gasteiger partial charge in [-0.15, -0.1) is 0 Å². The van der Waals surface area contributed by atoms with Gasteiger partial charge in [0.1, 0.15) is 10.1 Å². The van der Waals surface area contributed by atoms with Crippen LogP contribution in [0.2, 0.25) is 0 Å². The van der Waals surface area contributed by atoms with E-state index in [1.54, 1.807) is 18.2 Å². The molecule has 0 aliphatic carbocycles. The summed E-state index contributed by atoms with van der Waals surface area (Å²) in [4.78, 5) is 37.3. The SMILES string of the molecule is O=C(CCCN1C(=O)/C(=C\c2ccco2)SC1=S)Nc1ccc(C(=O)O)cc1. The molecular weight excluding hydrogens is 400 g/mol. The maximum atomic E-state index is 12.5. The summed E-state index contributed by atoms with van der Waals surface area (Å²) < 4.78 is 5.67. The van der Waals surface area contributed by atoms with Crippen molar-refractivity contribution in [3.05, 3.63) is 58.9 Å². The van der Waals surface area contributed by atoms with E-state index in [4.69, 9.17) is 21.7 Å². The van der Waals surface area contributed by atoms with Gasteiger partial charge in [-0.05, 0) is 42.8 Å². The predicted octanol–water partition coefficient (Wildman–Crippen LogP) is 3.60. The molecule has 1 aromatic heterocycles. The number of anilines is 1. The maximum absolute atomic E-state index is 12.5. The second-order valence-electron chi connectivity index (χ2n) is 5.88. The minimum absolute atomic E-state index is 0.148. The van der Waals surface area contributed by atoms with Crippen molar-refractivity contribution in [2.24, 2.45) is 0 Å². The standard InChI is InChI=1S/C19H16N2O5S2/c22-16(20-13-7-5-12(6-8-13)18(24)25)4-1-9-21-17(23)15(28-19(21)27)11-14-3-2-10-26-14/h2-3,5-8,10-11H,1,4,9H2,(H,20,22)(H,24,25)/b15-11+. The normalized spacial score (nSPS) is 15.3. The fraction of sp³-hybridized carbons (Fsp3) is 0.158. The van der Waals surface area contributed by atoms with Gasteiger partial charge in [0.2, 0.25) is 5.91 Å². The lowest BCUT2D eigenvalue weighted by Crippen LogP contribution is -2.29. The molecule has 144 valence electrons. The van der Waals surface area contributed by atoms with Crippen LogP contribution in [0.5, 0.6) is 0 Å². The molecule has 1 aliphatic rings. The number of hydrogen-bond acceptors (Lipinski definition) is 6. The molecule has 0 saturated carbocycles. The van der Waals surface area contributed by atoms with Crippen molar-refractivity contribution in [2.75, 3.05) is 11.9 Å². The Bertz CT molecular complexity index is 936. The van der Waals surface area contributed by atoms with Crippen LogP contribution >= 0.6 is 24.0 Å². The number of carboxylic acids is 1. The Morgan fingerprint density at radius 3 is 2.64 bits per heavy atom. The highest BCUT2D eigenvalue weighted by Gasteiger charge is 2.31. The van der Waals surface area contributed by atoms with Gasteiger partial charge in [-0.2, -0.15) is 0 Å². The van der Waals surface area contributed by atoms with Gasteiger partial charge >= 0.3 is 5.97 Å². The third-order valence-corrected chi connectivity index (χ3v) is 5.27. The minimum Gasteiger partial charge on any atom is -0.478 e. The number of carbonyl (C=O) groups is 3. The molecule has 2 aromatic rings. The number of amides is 2. The van der Waals surface area contributed by atoms with Gasteiger partial charge in [0.25, 0.3) is 5.91 Å². The number of benzene rings is 1. The topological polar surface area (TPSA) is 99.9 Å². The Labute approximate surface area is 170 Å². The zero-order valence-corrected chi connectivity index (χ0v) is 16.2. The average Bonchev–Trinajstić information content (AvgIpc) is 3.26. The van der Waals surface area contributed by atoms with Crippen molar-refractivity contribution in [1.82, 2.24) is 4.90 Å². The molecule has 0 radical (unpaired) electrons. The lowest BCUT2D eigenvalue weighted by molar-refractivity contribution is -0.122. The molecule has 2 N–H and O–H groups in total. The van der Waals surface area contributed by atoms with E-state index in [9.17, 15) is 14.4 Å². The minimum atomic E-state index is -1.03. The van der Waals surface area contributed by atoms with E-state index < -0.39 is 5.97 Å². The van der Waals surface area contributed by atoms with Crippen LogP contribution < -0.4 is 5.32 Å². The van der Waals surface area contributed by atoms with Gasteiger partial charge in [0.15, 0.2) is 0 Å². The van der Waals surface area contributed by atoms with E-state index in [0.29, 0.717) is 33.6 Å². The summed E-state index contributed by atoms with van der Waals surface area (Å²) in [5.41, 5.74) is 0.664. The van der Waals surface area contributed by atoms with Crippen molar-refractivity contribution in [3.63, 3.8) is 0 Å². The highest BCUT2D eigenvalue weighted by atomic mass is 32.2. The summed E-state index contributed by atoms with van der Waals surface area (Å²) >= 11 is 6.46. The highest BCUT2D eigenvalue weighted by Crippen LogP contribution is 2.32. The molecule has 0 spiro atoms. The Kier molecular flexibility index (Phi) is 6.27. The monoisotopic (exact) mass is 416 g/mol. The number of thiocarbonyl (C=S) groups is 1. The summed E-state index contributed by atoms with van der Waals surface area (Å²) in [5, 5.41) is 11.6. The van der Waals surface area contributed by atoms with Crippen molar-refractivity contribution in [3.8, 4) is 0 Å². The molecule has 0 bridgehead atoms. The lowest BCUT2D eigenvalue weighted by atomic mass is 10.2. The van der Waals surface area contributed by atoms with Crippen LogP contribution in [-0.2, 0) is 9.59 Å². The smallest absolute Gasteiger partial charge is 0.335 e. The quantitative estimate of drug-likeness (QED) is 0.525. The van der Waals surface area contributed by atoms with Crippen molar-refractivity contribution in [1.29, 1.82) is 0 Å². The average molecular weight is 416 g/mol. The van der Waals surface area contributed by atoms with Gasteiger partial charge in [-0.3, -0.25) is 14.5 Å². The summed E-state index contributed by atoms with van der Waals surface area (Å²) in [6.07, 6.45) is 3.82. The number of nitrogens with one attached hydrogen (secondary N) is 1. The first-order chi connectivity index (χ1) is 13.4. The Balaban J connectivity index is 1.49. The maximum Gasteiger partial charge on any atom is 0.335 e. The van der Waals surface area contributed by atoms with E-state index in [-0.39, 0.29) is 23.8 Å². The van der Waals surface area contributed by atoms with Crippen molar-refractivity contribution < 1.29 is 23.9 Å². The third-order valence-electron chi connectivity index (χ3n) is 3.89. The number of carbonyl (C=O) groups excluding carboxylic acids is 2. The van der Waals surface area contributed by atoms with E-state index >= 15 is 0 Å². The molecular formula is C19H16N2O5S2. The molecule has 0 unspecified atom stereocenters. The number of rotatable bonds is 7. The van der Waals surface area contributed by atoms with Gasteiger partial charge in [-0.25, -0.2) is 4.79 Å². The Morgan fingerprint density at radius 1 is 1.25 bits per heavy atom. The van der Waals surface area contributed by atoms with Gasteiger partial charge in [-0.1, -0.05) is 24.0 Å². The van der Waals surface area contributed by atoms with Crippen LogP contribution in [0.25, 0.3) is 6.08 Å². The van der Waals surface area contributed by atoms with Crippen LogP contribution in [0.15, 0.2) is 52.0 Å². The van der Waals surface area contributed by atoms with Crippen LogP contribution in [0.4, 0.5) is 5.69 Å². The lowest BCUT2D eigenvalue weighted by Gasteiger charge is -2.14. The number of carboxylic acid groups (broad SMARTS) is 1.